The molecule has 0 radical (unpaired) electrons. The second-order valence-corrected chi connectivity index (χ2v) is 3.77. The van der Waals surface area contributed by atoms with E-state index in [-0.39, 0.29) is 18.4 Å². The Morgan fingerprint density at radius 2 is 1.94 bits per heavy atom. The summed E-state index contributed by atoms with van der Waals surface area (Å²) in [6.45, 7) is 1.87. The Labute approximate surface area is 99.9 Å². The van der Waals surface area contributed by atoms with Crippen molar-refractivity contribution in [3.8, 4) is 0 Å². The Morgan fingerprint density at radius 1 is 1.35 bits per heavy atom. The van der Waals surface area contributed by atoms with E-state index in [1.54, 1.807) is 24.3 Å². The molecule has 1 rings (SSSR count). The summed E-state index contributed by atoms with van der Waals surface area (Å²) in [6, 6.07) is 6.72. The molecule has 1 aromatic rings. The average molecular weight is 236 g/mol. The first kappa shape index (κ1) is 13.0. The fourth-order valence-corrected chi connectivity index (χ4v) is 1.40. The molecule has 0 saturated carbocycles. The first-order valence-corrected chi connectivity index (χ1v) is 5.26. The number of esters is 1. The predicted octanol–water partition coefficient (Wildman–Crippen LogP) is 1.15. The van der Waals surface area contributed by atoms with E-state index in [0.29, 0.717) is 5.56 Å². The Hall–Kier alpha value is -2.04. The van der Waals surface area contributed by atoms with Gasteiger partial charge in [-0.3, -0.25) is 9.59 Å². The van der Waals surface area contributed by atoms with Gasteiger partial charge in [0, 0.05) is 17.3 Å². The minimum atomic E-state index is -0.459. The van der Waals surface area contributed by atoms with Crippen LogP contribution in [0.5, 0.6) is 0 Å². The highest BCUT2D eigenvalue weighted by molar-refractivity contribution is 5.93. The number of ether oxygens (including phenoxy) is 1. The van der Waals surface area contributed by atoms with Crippen molar-refractivity contribution in [2.24, 2.45) is 5.73 Å². The average Bonchev–Trinajstić information content (AvgIpc) is 2.29. The van der Waals surface area contributed by atoms with E-state index in [4.69, 9.17) is 5.73 Å². The van der Waals surface area contributed by atoms with Crippen LogP contribution in [-0.2, 0) is 9.53 Å². The number of hydrogen-bond acceptors (Lipinski definition) is 4. The molecule has 5 heteroatoms. The van der Waals surface area contributed by atoms with E-state index in [2.05, 4.69) is 10.1 Å². The quantitative estimate of drug-likeness (QED) is 0.751. The minimum Gasteiger partial charge on any atom is -0.469 e. The molecule has 0 aliphatic rings. The van der Waals surface area contributed by atoms with E-state index >= 15 is 0 Å². The van der Waals surface area contributed by atoms with Gasteiger partial charge in [0.2, 0.25) is 5.91 Å². The largest absolute Gasteiger partial charge is 0.469 e. The molecule has 1 aromatic carbocycles. The summed E-state index contributed by atoms with van der Waals surface area (Å²) in [6.07, 6.45) is 0.286. The van der Waals surface area contributed by atoms with Crippen LogP contribution in [0.4, 0.5) is 5.69 Å². The normalized spacial score (nSPS) is 11.6. The molecule has 0 bridgehead atoms. The zero-order valence-corrected chi connectivity index (χ0v) is 9.90. The third-order valence-electron chi connectivity index (χ3n) is 2.28. The molecule has 0 fully saturated rings. The molecular weight excluding hydrogens is 220 g/mol. The van der Waals surface area contributed by atoms with Crippen molar-refractivity contribution in [3.63, 3.8) is 0 Å². The second kappa shape index (κ2) is 5.89. The number of amides is 1. The second-order valence-electron chi connectivity index (χ2n) is 3.77. The molecule has 0 aromatic heterocycles. The lowest BCUT2D eigenvalue weighted by atomic mass is 10.1. The lowest BCUT2D eigenvalue weighted by Gasteiger charge is -2.13. The molecule has 3 N–H and O–H groups in total. The van der Waals surface area contributed by atoms with Gasteiger partial charge in [0.05, 0.1) is 13.5 Å². The topological polar surface area (TPSA) is 81.4 Å². The Kier molecular flexibility index (Phi) is 4.51. The van der Waals surface area contributed by atoms with Gasteiger partial charge in [0.1, 0.15) is 0 Å². The van der Waals surface area contributed by atoms with Gasteiger partial charge in [0.15, 0.2) is 0 Å². The van der Waals surface area contributed by atoms with E-state index in [1.165, 1.54) is 7.11 Å². The van der Waals surface area contributed by atoms with Crippen LogP contribution >= 0.6 is 0 Å². The highest BCUT2D eigenvalue weighted by Gasteiger charge is 2.09. The molecule has 17 heavy (non-hydrogen) atoms. The van der Waals surface area contributed by atoms with Crippen molar-refractivity contribution in [2.75, 3.05) is 12.4 Å². The minimum absolute atomic E-state index is 0.0399. The van der Waals surface area contributed by atoms with Crippen LogP contribution in [0.1, 0.15) is 23.7 Å². The number of benzene rings is 1. The van der Waals surface area contributed by atoms with Gasteiger partial charge in [-0.25, -0.2) is 0 Å². The van der Waals surface area contributed by atoms with E-state index < -0.39 is 5.91 Å². The lowest BCUT2D eigenvalue weighted by Crippen LogP contribution is -2.20. The lowest BCUT2D eigenvalue weighted by molar-refractivity contribution is -0.140. The van der Waals surface area contributed by atoms with E-state index in [9.17, 15) is 9.59 Å². The monoisotopic (exact) mass is 236 g/mol. The SMILES string of the molecule is COC(=O)CC(C)Nc1ccc(C(N)=O)cc1. The molecule has 0 saturated heterocycles. The van der Waals surface area contributed by atoms with Crippen LogP contribution in [-0.4, -0.2) is 25.0 Å². The first-order valence-electron chi connectivity index (χ1n) is 5.26. The van der Waals surface area contributed by atoms with Crippen LogP contribution < -0.4 is 11.1 Å². The molecule has 0 aliphatic carbocycles. The first-order chi connectivity index (χ1) is 8.02. The Morgan fingerprint density at radius 3 is 2.41 bits per heavy atom. The number of carbonyl (C=O) groups excluding carboxylic acids is 2. The van der Waals surface area contributed by atoms with Gasteiger partial charge < -0.3 is 15.8 Å². The summed E-state index contributed by atoms with van der Waals surface area (Å²) < 4.78 is 4.57. The summed E-state index contributed by atoms with van der Waals surface area (Å²) >= 11 is 0. The maximum atomic E-state index is 11.0. The maximum Gasteiger partial charge on any atom is 0.307 e. The van der Waals surface area contributed by atoms with Crippen molar-refractivity contribution in [3.05, 3.63) is 29.8 Å². The van der Waals surface area contributed by atoms with Crippen molar-refractivity contribution >= 4 is 17.6 Å². The fraction of sp³-hybridized carbons (Fsp3) is 0.333. The van der Waals surface area contributed by atoms with Gasteiger partial charge >= 0.3 is 5.97 Å². The number of carbonyl (C=O) groups is 2. The van der Waals surface area contributed by atoms with Crippen LogP contribution in [0.2, 0.25) is 0 Å². The summed E-state index contributed by atoms with van der Waals surface area (Å²) in [5, 5.41) is 3.12. The smallest absolute Gasteiger partial charge is 0.307 e. The zero-order valence-electron chi connectivity index (χ0n) is 9.90. The van der Waals surface area contributed by atoms with E-state index in [0.717, 1.165) is 5.69 Å². The number of nitrogens with two attached hydrogens (primary N) is 1. The predicted molar refractivity (Wildman–Crippen MR) is 64.7 cm³/mol. The number of hydrogen-bond donors (Lipinski definition) is 2. The molecule has 1 atom stereocenters. The van der Waals surface area contributed by atoms with Crippen molar-refractivity contribution in [1.82, 2.24) is 0 Å². The molecule has 0 heterocycles. The van der Waals surface area contributed by atoms with Gasteiger partial charge in [0.25, 0.3) is 0 Å². The molecule has 5 nitrogen and oxygen atoms in total. The van der Waals surface area contributed by atoms with Crippen molar-refractivity contribution in [2.45, 2.75) is 19.4 Å². The molecule has 92 valence electrons. The number of methoxy groups -OCH3 is 1. The fourth-order valence-electron chi connectivity index (χ4n) is 1.40. The van der Waals surface area contributed by atoms with Crippen LogP contribution in [0.3, 0.4) is 0 Å². The highest BCUT2D eigenvalue weighted by atomic mass is 16.5. The number of primary amides is 1. The molecule has 1 amide bonds. The molecular formula is C12H16N2O3. The third kappa shape index (κ3) is 4.14. The molecule has 0 aliphatic heterocycles. The van der Waals surface area contributed by atoms with Crippen molar-refractivity contribution < 1.29 is 14.3 Å². The number of anilines is 1. The Balaban J connectivity index is 2.57. The highest BCUT2D eigenvalue weighted by Crippen LogP contribution is 2.11. The van der Waals surface area contributed by atoms with Gasteiger partial charge in [-0.1, -0.05) is 0 Å². The molecule has 1 unspecified atom stereocenters. The van der Waals surface area contributed by atoms with Crippen LogP contribution in [0.15, 0.2) is 24.3 Å². The summed E-state index contributed by atoms with van der Waals surface area (Å²) in [5.41, 5.74) is 6.41. The molecule has 0 spiro atoms. The van der Waals surface area contributed by atoms with Crippen LogP contribution in [0, 0.1) is 0 Å². The maximum absolute atomic E-state index is 11.0. The number of rotatable bonds is 5. The van der Waals surface area contributed by atoms with Crippen LogP contribution in [0.25, 0.3) is 0 Å². The van der Waals surface area contributed by atoms with E-state index in [1.807, 2.05) is 6.92 Å². The summed E-state index contributed by atoms with van der Waals surface area (Å²) in [4.78, 5) is 21.9. The Bertz CT molecular complexity index is 401. The third-order valence-corrected chi connectivity index (χ3v) is 2.28. The van der Waals surface area contributed by atoms with Gasteiger partial charge in [-0.05, 0) is 31.2 Å². The standard InChI is InChI=1S/C12H16N2O3/c1-8(7-11(15)17-2)14-10-5-3-9(4-6-10)12(13)16/h3-6,8,14H,7H2,1-2H3,(H2,13,16). The van der Waals surface area contributed by atoms with Gasteiger partial charge in [-0.15, -0.1) is 0 Å². The van der Waals surface area contributed by atoms with Gasteiger partial charge in [-0.2, -0.15) is 0 Å². The number of nitrogens with one attached hydrogen (secondary N) is 1. The summed E-state index contributed by atoms with van der Waals surface area (Å²) in [7, 11) is 1.36. The zero-order chi connectivity index (χ0) is 12.8. The summed E-state index contributed by atoms with van der Waals surface area (Å²) in [5.74, 6) is -0.724. The van der Waals surface area contributed by atoms with Crippen molar-refractivity contribution in [1.29, 1.82) is 0 Å².